The molecule has 2 aromatic rings. The lowest BCUT2D eigenvalue weighted by molar-refractivity contribution is -0.385. The normalized spacial score (nSPS) is 9.96. The Morgan fingerprint density at radius 3 is 2.74 bits per heavy atom. The molecule has 0 bridgehead atoms. The van der Waals surface area contributed by atoms with E-state index in [1.54, 1.807) is 19.1 Å². The van der Waals surface area contributed by atoms with Crippen LogP contribution in [0.3, 0.4) is 0 Å². The Morgan fingerprint density at radius 1 is 1.30 bits per heavy atom. The fraction of sp³-hybridized carbons (Fsp3) is 0.133. The maximum Gasteiger partial charge on any atom is 0.357 e. The molecule has 0 fully saturated rings. The van der Waals surface area contributed by atoms with Crippen LogP contribution in [0.4, 0.5) is 11.4 Å². The molecule has 0 saturated carbocycles. The fourth-order valence-electron chi connectivity index (χ4n) is 1.77. The van der Waals surface area contributed by atoms with Crippen molar-refractivity contribution in [1.82, 2.24) is 4.98 Å². The quantitative estimate of drug-likeness (QED) is 0.513. The average Bonchev–Trinajstić information content (AvgIpc) is 2.55. The fourth-order valence-corrected chi connectivity index (χ4v) is 1.77. The van der Waals surface area contributed by atoms with Crippen LogP contribution in [0.2, 0.25) is 0 Å². The summed E-state index contributed by atoms with van der Waals surface area (Å²) in [5.41, 5.74) is 0.718. The monoisotopic (exact) mass is 315 g/mol. The van der Waals surface area contributed by atoms with Crippen LogP contribution in [0.15, 0.2) is 42.6 Å². The van der Waals surface area contributed by atoms with Crippen molar-refractivity contribution in [2.45, 2.75) is 6.92 Å². The molecule has 0 atom stereocenters. The zero-order valence-corrected chi connectivity index (χ0v) is 12.2. The number of nitrogens with zero attached hydrogens (tertiary/aromatic N) is 2. The average molecular weight is 315 g/mol. The van der Waals surface area contributed by atoms with Crippen molar-refractivity contribution in [1.29, 1.82) is 0 Å². The maximum absolute atomic E-state index is 11.7. The van der Waals surface area contributed by atoms with Crippen molar-refractivity contribution in [3.63, 3.8) is 0 Å². The van der Waals surface area contributed by atoms with Gasteiger partial charge in [-0.25, -0.2) is 9.78 Å². The van der Waals surface area contributed by atoms with Crippen LogP contribution in [0.25, 0.3) is 0 Å². The van der Waals surface area contributed by atoms with Crippen molar-refractivity contribution in [2.75, 3.05) is 11.9 Å². The Hall–Kier alpha value is -3.29. The Labute approximate surface area is 131 Å². The molecule has 8 heteroatoms. The molecule has 0 saturated heterocycles. The second kappa shape index (κ2) is 7.12. The summed E-state index contributed by atoms with van der Waals surface area (Å²) >= 11 is 0. The van der Waals surface area contributed by atoms with Crippen LogP contribution in [-0.2, 0) is 9.53 Å². The van der Waals surface area contributed by atoms with Crippen LogP contribution < -0.4 is 5.32 Å². The van der Waals surface area contributed by atoms with Gasteiger partial charge >= 0.3 is 5.97 Å². The molecule has 0 aliphatic heterocycles. The highest BCUT2D eigenvalue weighted by atomic mass is 16.6. The number of nitrogens with one attached hydrogen (secondary N) is 1. The summed E-state index contributed by atoms with van der Waals surface area (Å²) in [6, 6.07) is 9.02. The lowest BCUT2D eigenvalue weighted by atomic mass is 10.2. The first-order chi connectivity index (χ1) is 11.0. The summed E-state index contributed by atoms with van der Waals surface area (Å²) < 4.78 is 4.82. The molecule has 1 aromatic heterocycles. The number of benzene rings is 1. The summed E-state index contributed by atoms with van der Waals surface area (Å²) in [5.74, 6) is -1.33. The van der Waals surface area contributed by atoms with E-state index in [1.807, 2.05) is 0 Å². The highest BCUT2D eigenvalue weighted by molar-refractivity contribution is 5.95. The van der Waals surface area contributed by atoms with Gasteiger partial charge in [0, 0.05) is 23.5 Å². The largest absolute Gasteiger partial charge is 0.451 e. The number of esters is 1. The summed E-state index contributed by atoms with van der Waals surface area (Å²) in [6.07, 6.45) is 1.43. The van der Waals surface area contributed by atoms with Crippen molar-refractivity contribution in [3.8, 4) is 0 Å². The molecule has 0 radical (unpaired) electrons. The Balaban J connectivity index is 1.94. The SMILES string of the molecule is Cc1ccc(NC(=O)COC(=O)c2ccccn2)cc1[N+](=O)[O-]. The summed E-state index contributed by atoms with van der Waals surface area (Å²) in [6.45, 7) is 1.08. The van der Waals surface area contributed by atoms with E-state index in [0.717, 1.165) is 0 Å². The molecule has 118 valence electrons. The van der Waals surface area contributed by atoms with Gasteiger partial charge in [-0.05, 0) is 25.1 Å². The lowest BCUT2D eigenvalue weighted by Gasteiger charge is -2.07. The number of ether oxygens (including phenoxy) is 1. The number of nitro benzene ring substituents is 1. The number of rotatable bonds is 5. The highest BCUT2D eigenvalue weighted by Gasteiger charge is 2.14. The van der Waals surface area contributed by atoms with Gasteiger partial charge in [0.2, 0.25) is 0 Å². The van der Waals surface area contributed by atoms with Crippen molar-refractivity contribution < 1.29 is 19.2 Å². The molecule has 1 aromatic carbocycles. The van der Waals surface area contributed by atoms with Crippen LogP contribution in [0, 0.1) is 17.0 Å². The lowest BCUT2D eigenvalue weighted by Crippen LogP contribution is -2.21. The Kier molecular flexibility index (Phi) is 4.98. The maximum atomic E-state index is 11.7. The Morgan fingerprint density at radius 2 is 2.09 bits per heavy atom. The van der Waals surface area contributed by atoms with E-state index in [0.29, 0.717) is 5.56 Å². The van der Waals surface area contributed by atoms with Crippen LogP contribution in [0.5, 0.6) is 0 Å². The van der Waals surface area contributed by atoms with E-state index in [9.17, 15) is 19.7 Å². The number of carbonyl (C=O) groups is 2. The molecule has 0 unspecified atom stereocenters. The number of hydrogen-bond donors (Lipinski definition) is 1. The zero-order chi connectivity index (χ0) is 16.8. The van der Waals surface area contributed by atoms with Crippen LogP contribution >= 0.6 is 0 Å². The smallest absolute Gasteiger partial charge is 0.357 e. The number of aryl methyl sites for hydroxylation is 1. The molecule has 1 heterocycles. The molecule has 2 rings (SSSR count). The van der Waals surface area contributed by atoms with E-state index in [2.05, 4.69) is 10.3 Å². The van der Waals surface area contributed by atoms with E-state index >= 15 is 0 Å². The first-order valence-corrected chi connectivity index (χ1v) is 6.60. The zero-order valence-electron chi connectivity index (χ0n) is 12.2. The van der Waals surface area contributed by atoms with Crippen molar-refractivity contribution in [3.05, 3.63) is 64.0 Å². The molecule has 0 aliphatic carbocycles. The number of nitro groups is 1. The number of hydrogen-bond acceptors (Lipinski definition) is 6. The van der Waals surface area contributed by atoms with E-state index in [4.69, 9.17) is 4.74 Å². The van der Waals surface area contributed by atoms with Gasteiger partial charge in [0.15, 0.2) is 6.61 Å². The summed E-state index contributed by atoms with van der Waals surface area (Å²) in [7, 11) is 0. The standard InChI is InChI=1S/C15H13N3O5/c1-10-5-6-11(8-13(10)18(21)22)17-14(19)9-23-15(20)12-4-2-3-7-16-12/h2-8H,9H2,1H3,(H,17,19). The summed E-state index contributed by atoms with van der Waals surface area (Å²) in [4.78, 5) is 37.5. The van der Waals surface area contributed by atoms with E-state index < -0.39 is 23.4 Å². The van der Waals surface area contributed by atoms with Gasteiger partial charge in [-0.15, -0.1) is 0 Å². The van der Waals surface area contributed by atoms with Gasteiger partial charge in [0.05, 0.1) is 4.92 Å². The Bertz CT molecular complexity index is 746. The predicted molar refractivity (Wildman–Crippen MR) is 81.0 cm³/mol. The number of anilines is 1. The van der Waals surface area contributed by atoms with Crippen LogP contribution in [0.1, 0.15) is 16.1 Å². The summed E-state index contributed by atoms with van der Waals surface area (Å²) in [5, 5.41) is 13.3. The third-order valence-electron chi connectivity index (χ3n) is 2.90. The van der Waals surface area contributed by atoms with Crippen molar-refractivity contribution >= 4 is 23.3 Å². The minimum absolute atomic E-state index is 0.0891. The van der Waals surface area contributed by atoms with Gasteiger partial charge in [0.25, 0.3) is 11.6 Å². The van der Waals surface area contributed by atoms with Crippen molar-refractivity contribution in [2.24, 2.45) is 0 Å². The van der Waals surface area contributed by atoms with Gasteiger partial charge in [-0.2, -0.15) is 0 Å². The third-order valence-corrected chi connectivity index (χ3v) is 2.90. The van der Waals surface area contributed by atoms with Gasteiger partial charge in [0.1, 0.15) is 5.69 Å². The molecule has 0 spiro atoms. The number of carbonyl (C=O) groups excluding carboxylic acids is 2. The first-order valence-electron chi connectivity index (χ1n) is 6.60. The topological polar surface area (TPSA) is 111 Å². The van der Waals surface area contributed by atoms with E-state index in [-0.39, 0.29) is 17.1 Å². The molecular weight excluding hydrogens is 302 g/mol. The molecular formula is C15H13N3O5. The molecule has 23 heavy (non-hydrogen) atoms. The third kappa shape index (κ3) is 4.34. The number of aromatic nitrogens is 1. The number of amides is 1. The minimum Gasteiger partial charge on any atom is -0.451 e. The molecule has 1 amide bonds. The minimum atomic E-state index is -0.726. The second-order valence-electron chi connectivity index (χ2n) is 4.60. The predicted octanol–water partition coefficient (Wildman–Crippen LogP) is 2.09. The molecule has 0 aliphatic rings. The van der Waals surface area contributed by atoms with Crippen LogP contribution in [-0.4, -0.2) is 28.4 Å². The number of pyridine rings is 1. The van der Waals surface area contributed by atoms with Gasteiger partial charge in [-0.3, -0.25) is 14.9 Å². The second-order valence-corrected chi connectivity index (χ2v) is 4.60. The van der Waals surface area contributed by atoms with Gasteiger partial charge < -0.3 is 10.1 Å². The highest BCUT2D eigenvalue weighted by Crippen LogP contribution is 2.22. The first kappa shape index (κ1) is 16.1. The molecule has 1 N–H and O–H groups in total. The van der Waals surface area contributed by atoms with E-state index in [1.165, 1.54) is 30.5 Å². The van der Waals surface area contributed by atoms with Gasteiger partial charge in [-0.1, -0.05) is 12.1 Å². The molecule has 8 nitrogen and oxygen atoms in total.